The smallest absolute Gasteiger partial charge is 0.217 e. The van der Waals surface area contributed by atoms with E-state index in [0.29, 0.717) is 12.2 Å². The van der Waals surface area contributed by atoms with Crippen molar-refractivity contribution in [3.05, 3.63) is 11.8 Å². The summed E-state index contributed by atoms with van der Waals surface area (Å²) in [6.07, 6.45) is 1.71. The first-order chi connectivity index (χ1) is 4.38. The van der Waals surface area contributed by atoms with Crippen LogP contribution >= 0.6 is 0 Å². The molecule has 0 atom stereocenters. The lowest BCUT2D eigenvalue weighted by atomic mass is 10.3. The van der Waals surface area contributed by atoms with E-state index >= 15 is 0 Å². The molecular formula is C5H5N3O. The maximum Gasteiger partial charge on any atom is 0.217 e. The van der Waals surface area contributed by atoms with Gasteiger partial charge in [0.05, 0.1) is 6.54 Å². The number of nitrogens with zero attached hydrogens (tertiary/aromatic N) is 2. The molecule has 9 heavy (non-hydrogen) atoms. The molecule has 0 saturated heterocycles. The number of nitrogens with one attached hydrogen (secondary N) is 1. The zero-order valence-corrected chi connectivity index (χ0v) is 4.63. The number of aromatic amines is 1. The van der Waals surface area contributed by atoms with Gasteiger partial charge in [0.15, 0.2) is 5.69 Å². The fourth-order valence-electron chi connectivity index (χ4n) is 0.859. The number of hydrogen-bond donors (Lipinski definition) is 2. The summed E-state index contributed by atoms with van der Waals surface area (Å²) in [6, 6.07) is 0. The molecule has 0 unspecified atom stereocenters. The monoisotopic (exact) mass is 123 g/mol. The quantitative estimate of drug-likeness (QED) is 0.536. The van der Waals surface area contributed by atoms with Crippen LogP contribution in [0.25, 0.3) is 0 Å². The third kappa shape index (κ3) is 0.468. The van der Waals surface area contributed by atoms with Crippen molar-refractivity contribution in [1.82, 2.24) is 4.98 Å². The first-order valence-electron chi connectivity index (χ1n) is 2.64. The molecule has 0 amide bonds. The number of aromatic nitrogens is 1. The zero-order valence-electron chi connectivity index (χ0n) is 4.63. The molecule has 1 aromatic heterocycles. The Morgan fingerprint density at radius 1 is 1.67 bits per heavy atom. The van der Waals surface area contributed by atoms with Gasteiger partial charge in [-0.05, 0) is 0 Å². The summed E-state index contributed by atoms with van der Waals surface area (Å²) in [7, 11) is 0. The van der Waals surface area contributed by atoms with Crippen LogP contribution in [0.1, 0.15) is 5.56 Å². The largest absolute Gasteiger partial charge is 0.493 e. The number of fused-ring (bicyclic) bond motifs is 1. The average molecular weight is 123 g/mol. The summed E-state index contributed by atoms with van der Waals surface area (Å²) >= 11 is 0. The molecule has 1 aromatic rings. The summed E-state index contributed by atoms with van der Waals surface area (Å²) in [6.45, 7) is 0.590. The molecule has 0 saturated carbocycles. The molecule has 0 spiro atoms. The Balaban J connectivity index is 2.67. The molecule has 4 nitrogen and oxygen atoms in total. The normalized spacial score (nSPS) is 14.2. The maximum absolute atomic E-state index is 8.96. The topological polar surface area (TPSA) is 60.7 Å². The number of aromatic hydroxyl groups is 1. The predicted octanol–water partition coefficient (Wildman–Crippen LogP) is 1.32. The number of hydrogen-bond acceptors (Lipinski definition) is 3. The van der Waals surface area contributed by atoms with Crippen molar-refractivity contribution >= 4 is 5.69 Å². The summed E-state index contributed by atoms with van der Waals surface area (Å²) < 4.78 is 0. The highest BCUT2D eigenvalue weighted by Crippen LogP contribution is 2.34. The fraction of sp³-hybridized carbons (Fsp3) is 0.200. The van der Waals surface area contributed by atoms with Gasteiger partial charge in [-0.15, -0.1) is 5.11 Å². The Bertz CT molecular complexity index is 263. The Morgan fingerprint density at radius 3 is 3.33 bits per heavy atom. The van der Waals surface area contributed by atoms with Crippen molar-refractivity contribution in [1.29, 1.82) is 0 Å². The summed E-state index contributed by atoms with van der Waals surface area (Å²) in [4.78, 5) is 2.64. The number of rotatable bonds is 0. The van der Waals surface area contributed by atoms with Gasteiger partial charge in [0.1, 0.15) is 0 Å². The molecule has 0 aliphatic carbocycles. The van der Waals surface area contributed by atoms with E-state index in [9.17, 15) is 0 Å². The van der Waals surface area contributed by atoms with Gasteiger partial charge < -0.3 is 10.1 Å². The van der Waals surface area contributed by atoms with Crippen LogP contribution in [0.5, 0.6) is 5.88 Å². The highest BCUT2D eigenvalue weighted by Gasteiger charge is 2.13. The van der Waals surface area contributed by atoms with E-state index in [1.807, 2.05) is 0 Å². The van der Waals surface area contributed by atoms with E-state index in [0.717, 1.165) is 5.56 Å². The molecule has 2 N–H and O–H groups in total. The number of azo groups is 1. The third-order valence-electron chi connectivity index (χ3n) is 1.32. The number of H-pyrrole nitrogens is 1. The second-order valence-corrected chi connectivity index (χ2v) is 1.91. The highest BCUT2D eigenvalue weighted by molar-refractivity contribution is 5.55. The Morgan fingerprint density at radius 2 is 2.56 bits per heavy atom. The Kier molecular flexibility index (Phi) is 0.677. The lowest BCUT2D eigenvalue weighted by Crippen LogP contribution is -1.65. The minimum absolute atomic E-state index is 0.117. The molecule has 0 radical (unpaired) electrons. The first kappa shape index (κ1) is 4.55. The third-order valence-corrected chi connectivity index (χ3v) is 1.32. The van der Waals surface area contributed by atoms with Gasteiger partial charge in [-0.25, -0.2) is 0 Å². The summed E-state index contributed by atoms with van der Waals surface area (Å²) in [5.74, 6) is 0.117. The summed E-state index contributed by atoms with van der Waals surface area (Å²) in [5.41, 5.74) is 1.56. The maximum atomic E-state index is 8.96. The summed E-state index contributed by atoms with van der Waals surface area (Å²) in [5, 5.41) is 16.4. The van der Waals surface area contributed by atoms with E-state index in [2.05, 4.69) is 15.2 Å². The second-order valence-electron chi connectivity index (χ2n) is 1.91. The van der Waals surface area contributed by atoms with Crippen LogP contribution < -0.4 is 0 Å². The predicted molar refractivity (Wildman–Crippen MR) is 30.7 cm³/mol. The van der Waals surface area contributed by atoms with Crippen LogP contribution in [0.3, 0.4) is 0 Å². The Hall–Kier alpha value is -1.32. The molecule has 0 bridgehead atoms. The van der Waals surface area contributed by atoms with Crippen molar-refractivity contribution in [2.45, 2.75) is 6.54 Å². The SMILES string of the molecule is Oc1[nH]cc2c1N=NC2. The second kappa shape index (κ2) is 1.34. The Labute approximate surface area is 51.2 Å². The molecular weight excluding hydrogens is 118 g/mol. The van der Waals surface area contributed by atoms with Crippen molar-refractivity contribution in [3.8, 4) is 5.88 Å². The van der Waals surface area contributed by atoms with Crippen LogP contribution in [0.15, 0.2) is 16.4 Å². The first-order valence-corrected chi connectivity index (χ1v) is 2.64. The van der Waals surface area contributed by atoms with Crippen LogP contribution in [-0.4, -0.2) is 10.1 Å². The van der Waals surface area contributed by atoms with Crippen LogP contribution in [0.2, 0.25) is 0 Å². The molecule has 2 rings (SSSR count). The van der Waals surface area contributed by atoms with Gasteiger partial charge in [0.25, 0.3) is 0 Å². The van der Waals surface area contributed by atoms with E-state index < -0.39 is 0 Å². The van der Waals surface area contributed by atoms with E-state index in [1.54, 1.807) is 6.20 Å². The minimum Gasteiger partial charge on any atom is -0.493 e. The lowest BCUT2D eigenvalue weighted by Gasteiger charge is -1.80. The minimum atomic E-state index is 0.117. The zero-order chi connectivity index (χ0) is 6.27. The molecule has 46 valence electrons. The van der Waals surface area contributed by atoms with Gasteiger partial charge in [0.2, 0.25) is 5.88 Å². The van der Waals surface area contributed by atoms with Gasteiger partial charge >= 0.3 is 0 Å². The van der Waals surface area contributed by atoms with Crippen molar-refractivity contribution < 1.29 is 5.11 Å². The van der Waals surface area contributed by atoms with Crippen LogP contribution in [0.4, 0.5) is 5.69 Å². The molecule has 2 heterocycles. The average Bonchev–Trinajstić information content (AvgIpc) is 2.35. The van der Waals surface area contributed by atoms with Crippen molar-refractivity contribution in [2.75, 3.05) is 0 Å². The molecule has 1 aliphatic rings. The molecule has 1 aliphatic heterocycles. The van der Waals surface area contributed by atoms with Crippen molar-refractivity contribution in [2.24, 2.45) is 10.2 Å². The van der Waals surface area contributed by atoms with Gasteiger partial charge in [-0.1, -0.05) is 0 Å². The van der Waals surface area contributed by atoms with Gasteiger partial charge in [-0.2, -0.15) is 5.11 Å². The molecule has 4 heteroatoms. The highest BCUT2D eigenvalue weighted by atomic mass is 16.3. The van der Waals surface area contributed by atoms with E-state index in [-0.39, 0.29) is 5.88 Å². The fourth-order valence-corrected chi connectivity index (χ4v) is 0.859. The van der Waals surface area contributed by atoms with Gasteiger partial charge in [0, 0.05) is 11.8 Å². The molecule has 0 aromatic carbocycles. The standard InChI is InChI=1S/C5H5N3O/c9-5-4-3(1-6-5)2-7-8-4/h1,6,9H,2H2. The molecule has 0 fully saturated rings. The van der Waals surface area contributed by atoms with E-state index in [4.69, 9.17) is 5.11 Å². The lowest BCUT2D eigenvalue weighted by molar-refractivity contribution is 0.458. The van der Waals surface area contributed by atoms with Crippen molar-refractivity contribution in [3.63, 3.8) is 0 Å². The van der Waals surface area contributed by atoms with Crippen LogP contribution in [-0.2, 0) is 6.54 Å². The van der Waals surface area contributed by atoms with E-state index in [1.165, 1.54) is 0 Å². The van der Waals surface area contributed by atoms with Gasteiger partial charge in [-0.3, -0.25) is 0 Å². The van der Waals surface area contributed by atoms with Crippen LogP contribution in [0, 0.1) is 0 Å².